The molecule has 0 fully saturated rings. The van der Waals surface area contributed by atoms with Crippen molar-refractivity contribution in [1.29, 1.82) is 0 Å². The van der Waals surface area contributed by atoms with Crippen molar-refractivity contribution in [2.24, 2.45) is 0 Å². The Balaban J connectivity index is 2.72. The lowest BCUT2D eigenvalue weighted by Gasteiger charge is -2.13. The molecule has 0 bridgehead atoms. The first-order valence-corrected chi connectivity index (χ1v) is 7.52. The van der Waals surface area contributed by atoms with E-state index >= 15 is 0 Å². The van der Waals surface area contributed by atoms with E-state index in [-0.39, 0.29) is 17.7 Å². The number of rotatable bonds is 6. The zero-order valence-corrected chi connectivity index (χ0v) is 11.4. The fraction of sp³-hybridized carbons (Fsp3) is 0.455. The normalized spacial score (nSPS) is 12.9. The molecule has 1 aromatic heterocycles. The van der Waals surface area contributed by atoms with Crippen molar-refractivity contribution in [1.82, 2.24) is 5.32 Å². The van der Waals surface area contributed by atoms with Gasteiger partial charge < -0.3 is 14.8 Å². The van der Waals surface area contributed by atoms with Crippen LogP contribution < -0.4 is 5.32 Å². The van der Waals surface area contributed by atoms with E-state index < -0.39 is 27.8 Å². The highest BCUT2D eigenvalue weighted by atomic mass is 32.2. The maximum Gasteiger partial charge on any atom is 0.326 e. The summed E-state index contributed by atoms with van der Waals surface area (Å²) in [5.41, 5.74) is 0.227. The molecule has 1 unspecified atom stereocenters. The van der Waals surface area contributed by atoms with Gasteiger partial charge in [0.15, 0.2) is 0 Å². The van der Waals surface area contributed by atoms with Crippen LogP contribution in [0.2, 0.25) is 0 Å². The van der Waals surface area contributed by atoms with Crippen LogP contribution in [0.3, 0.4) is 0 Å². The van der Waals surface area contributed by atoms with Gasteiger partial charge in [0.2, 0.25) is 0 Å². The summed E-state index contributed by atoms with van der Waals surface area (Å²) in [5.74, 6) is -1.83. The van der Waals surface area contributed by atoms with Crippen LogP contribution in [0, 0.1) is 6.92 Å². The second-order valence-corrected chi connectivity index (χ2v) is 6.43. The number of amides is 1. The Hall–Kier alpha value is -1.83. The summed E-state index contributed by atoms with van der Waals surface area (Å²) in [4.78, 5) is 22.8. The zero-order chi connectivity index (χ0) is 14.6. The molecule has 7 nitrogen and oxygen atoms in total. The van der Waals surface area contributed by atoms with Gasteiger partial charge in [0.25, 0.3) is 5.91 Å². The van der Waals surface area contributed by atoms with E-state index in [1.54, 1.807) is 6.92 Å². The van der Waals surface area contributed by atoms with Gasteiger partial charge in [-0.3, -0.25) is 4.79 Å². The first-order chi connectivity index (χ1) is 8.70. The Morgan fingerprint density at radius 1 is 1.47 bits per heavy atom. The van der Waals surface area contributed by atoms with Gasteiger partial charge >= 0.3 is 5.97 Å². The highest BCUT2D eigenvalue weighted by Gasteiger charge is 2.23. The molecule has 1 atom stereocenters. The van der Waals surface area contributed by atoms with E-state index in [0.29, 0.717) is 5.76 Å². The van der Waals surface area contributed by atoms with Crippen molar-refractivity contribution >= 4 is 21.7 Å². The molecule has 0 aliphatic heterocycles. The lowest BCUT2D eigenvalue weighted by molar-refractivity contribution is -0.139. The lowest BCUT2D eigenvalue weighted by Crippen LogP contribution is -2.42. The monoisotopic (exact) mass is 289 g/mol. The van der Waals surface area contributed by atoms with Gasteiger partial charge in [-0.2, -0.15) is 0 Å². The molecular formula is C11H15NO6S. The third-order valence-electron chi connectivity index (χ3n) is 2.48. The van der Waals surface area contributed by atoms with Crippen molar-refractivity contribution in [3.8, 4) is 0 Å². The zero-order valence-electron chi connectivity index (χ0n) is 10.5. The van der Waals surface area contributed by atoms with Gasteiger partial charge in [-0.1, -0.05) is 0 Å². The van der Waals surface area contributed by atoms with Crippen LogP contribution in [0.15, 0.2) is 16.7 Å². The molecule has 0 saturated carbocycles. The summed E-state index contributed by atoms with van der Waals surface area (Å²) >= 11 is 0. The smallest absolute Gasteiger partial charge is 0.326 e. The number of carbonyl (C=O) groups is 2. The topological polar surface area (TPSA) is 114 Å². The summed E-state index contributed by atoms with van der Waals surface area (Å²) in [6, 6.07) is 0.164. The third kappa shape index (κ3) is 4.74. The summed E-state index contributed by atoms with van der Waals surface area (Å²) in [6.45, 7) is 1.57. The average Bonchev–Trinajstić information content (AvgIpc) is 2.68. The molecule has 0 radical (unpaired) electrons. The van der Waals surface area contributed by atoms with Crippen molar-refractivity contribution in [3.05, 3.63) is 23.7 Å². The van der Waals surface area contributed by atoms with Crippen molar-refractivity contribution < 1.29 is 27.5 Å². The molecule has 1 amide bonds. The Morgan fingerprint density at radius 2 is 2.11 bits per heavy atom. The molecule has 0 aromatic carbocycles. The Labute approximate surface area is 110 Å². The molecule has 19 heavy (non-hydrogen) atoms. The molecule has 8 heteroatoms. The number of sulfone groups is 1. The first kappa shape index (κ1) is 15.2. The summed E-state index contributed by atoms with van der Waals surface area (Å²) in [6.07, 6.45) is 2.14. The van der Waals surface area contributed by atoms with Gasteiger partial charge in [-0.15, -0.1) is 0 Å². The van der Waals surface area contributed by atoms with Gasteiger partial charge in [-0.05, 0) is 19.4 Å². The molecule has 0 spiro atoms. The highest BCUT2D eigenvalue weighted by molar-refractivity contribution is 7.90. The van der Waals surface area contributed by atoms with Crippen LogP contribution in [0.5, 0.6) is 0 Å². The van der Waals surface area contributed by atoms with E-state index in [0.717, 1.165) is 6.26 Å². The molecular weight excluding hydrogens is 274 g/mol. The number of carboxylic acid groups (broad SMARTS) is 1. The molecule has 2 N–H and O–H groups in total. The minimum absolute atomic E-state index is 0.184. The number of carbonyl (C=O) groups excluding carboxylic acids is 1. The number of hydrogen-bond donors (Lipinski definition) is 2. The molecule has 0 saturated heterocycles. The van der Waals surface area contributed by atoms with Crippen molar-refractivity contribution in [2.75, 3.05) is 12.0 Å². The fourth-order valence-corrected chi connectivity index (χ4v) is 2.11. The van der Waals surface area contributed by atoms with Gasteiger partial charge in [0.05, 0.1) is 17.6 Å². The largest absolute Gasteiger partial charge is 0.480 e. The van der Waals surface area contributed by atoms with E-state index in [9.17, 15) is 18.0 Å². The van der Waals surface area contributed by atoms with E-state index in [2.05, 4.69) is 5.32 Å². The number of nitrogens with one attached hydrogen (secondary N) is 1. The molecule has 0 aliphatic rings. The van der Waals surface area contributed by atoms with E-state index in [1.165, 1.54) is 12.3 Å². The molecule has 0 aliphatic carbocycles. The molecule has 1 heterocycles. The quantitative estimate of drug-likeness (QED) is 0.773. The number of hydrogen-bond acceptors (Lipinski definition) is 5. The average molecular weight is 289 g/mol. The molecule has 106 valence electrons. The highest BCUT2D eigenvalue weighted by Crippen LogP contribution is 2.09. The summed E-state index contributed by atoms with van der Waals surface area (Å²) < 4.78 is 27.0. The Bertz CT molecular complexity index is 574. The van der Waals surface area contributed by atoms with Crippen LogP contribution in [0.4, 0.5) is 0 Å². The van der Waals surface area contributed by atoms with E-state index in [1.807, 2.05) is 0 Å². The van der Waals surface area contributed by atoms with E-state index in [4.69, 9.17) is 9.52 Å². The molecule has 1 aromatic rings. The van der Waals surface area contributed by atoms with Crippen LogP contribution in [0.1, 0.15) is 22.5 Å². The molecule has 1 rings (SSSR count). The maximum absolute atomic E-state index is 11.8. The summed E-state index contributed by atoms with van der Waals surface area (Å²) in [7, 11) is -3.28. The predicted octanol–water partition coefficient (Wildman–Crippen LogP) is 0.206. The SMILES string of the molecule is Cc1occc1C(=O)NC(CCS(C)(=O)=O)C(=O)O. The number of aliphatic carboxylic acids is 1. The minimum Gasteiger partial charge on any atom is -0.480 e. The fourth-order valence-electron chi connectivity index (χ4n) is 1.45. The van der Waals surface area contributed by atoms with Gasteiger partial charge in [0, 0.05) is 6.26 Å². The van der Waals surface area contributed by atoms with Gasteiger partial charge in [0.1, 0.15) is 21.6 Å². The number of carboxylic acids is 1. The van der Waals surface area contributed by atoms with Crippen LogP contribution in [-0.2, 0) is 14.6 Å². The van der Waals surface area contributed by atoms with Crippen LogP contribution in [-0.4, -0.2) is 43.5 Å². The third-order valence-corrected chi connectivity index (χ3v) is 3.46. The number of furan rings is 1. The minimum atomic E-state index is -3.28. The predicted molar refractivity (Wildman–Crippen MR) is 66.7 cm³/mol. The van der Waals surface area contributed by atoms with Crippen LogP contribution in [0.25, 0.3) is 0 Å². The second-order valence-electron chi connectivity index (χ2n) is 4.17. The Kier molecular flexibility index (Phi) is 4.71. The van der Waals surface area contributed by atoms with Crippen molar-refractivity contribution in [3.63, 3.8) is 0 Å². The van der Waals surface area contributed by atoms with Gasteiger partial charge in [-0.25, -0.2) is 13.2 Å². The van der Waals surface area contributed by atoms with Crippen LogP contribution >= 0.6 is 0 Å². The first-order valence-electron chi connectivity index (χ1n) is 5.46. The summed E-state index contributed by atoms with van der Waals surface area (Å²) in [5, 5.41) is 11.2. The lowest BCUT2D eigenvalue weighted by atomic mass is 10.2. The second kappa shape index (κ2) is 5.87. The van der Waals surface area contributed by atoms with Crippen molar-refractivity contribution in [2.45, 2.75) is 19.4 Å². The standard InChI is InChI=1S/C11H15NO6S/c1-7-8(3-5-18-7)10(13)12-9(11(14)15)4-6-19(2,16)17/h3,5,9H,4,6H2,1-2H3,(H,12,13)(H,14,15). The maximum atomic E-state index is 11.8. The Morgan fingerprint density at radius 3 is 2.53 bits per heavy atom. The number of aryl methyl sites for hydroxylation is 1.